The third-order valence-corrected chi connectivity index (χ3v) is 4.42. The maximum atomic E-state index is 13.5. The summed E-state index contributed by atoms with van der Waals surface area (Å²) in [5, 5.41) is 6.14. The van der Waals surface area contributed by atoms with Gasteiger partial charge in [-0.3, -0.25) is 4.79 Å². The lowest BCUT2D eigenvalue weighted by atomic mass is 9.98. The van der Waals surface area contributed by atoms with Crippen LogP contribution in [0.3, 0.4) is 0 Å². The summed E-state index contributed by atoms with van der Waals surface area (Å²) in [5.41, 5.74) is 2.79. The highest BCUT2D eigenvalue weighted by molar-refractivity contribution is 6.04. The number of nitrogens with one attached hydrogen (secondary N) is 2. The van der Waals surface area contributed by atoms with Crippen molar-refractivity contribution in [3.05, 3.63) is 65.0 Å². The fourth-order valence-electron chi connectivity index (χ4n) is 2.95. The van der Waals surface area contributed by atoms with Gasteiger partial charge < -0.3 is 10.6 Å². The molecule has 1 heterocycles. The van der Waals surface area contributed by atoms with Gasteiger partial charge in [-0.1, -0.05) is 18.2 Å². The lowest BCUT2D eigenvalue weighted by Gasteiger charge is -2.11. The molecule has 1 fully saturated rings. The van der Waals surface area contributed by atoms with Crippen LogP contribution in [0.25, 0.3) is 0 Å². The molecule has 3 rings (SSSR count). The normalized spacial score (nSPS) is 16.5. The number of carbonyl (C=O) groups excluding carboxylic acids is 1. The number of halogens is 2. The Kier molecular flexibility index (Phi) is 6.35. The van der Waals surface area contributed by atoms with Crippen LogP contribution in [0.5, 0.6) is 0 Å². The summed E-state index contributed by atoms with van der Waals surface area (Å²) < 4.78 is 13.5. The highest BCUT2D eigenvalue weighted by Gasteiger charge is 2.15. The Morgan fingerprint density at radius 1 is 1.25 bits per heavy atom. The van der Waals surface area contributed by atoms with Gasteiger partial charge in [-0.05, 0) is 68.6 Å². The molecule has 1 atom stereocenters. The number of hydrogen-bond acceptors (Lipinski definition) is 2. The first-order chi connectivity index (χ1) is 11.1. The van der Waals surface area contributed by atoms with Crippen molar-refractivity contribution in [1.29, 1.82) is 0 Å². The SMILES string of the molecule is Cc1c(F)cccc1NC(=O)c1ccc(CC2CCNC2)cc1.Cl. The third-order valence-electron chi connectivity index (χ3n) is 4.42. The molecule has 0 bridgehead atoms. The highest BCUT2D eigenvalue weighted by Crippen LogP contribution is 2.19. The Bertz CT molecular complexity index is 697. The summed E-state index contributed by atoms with van der Waals surface area (Å²) in [6.07, 6.45) is 2.25. The molecule has 0 aromatic heterocycles. The molecule has 0 saturated carbocycles. The van der Waals surface area contributed by atoms with Crippen LogP contribution in [-0.2, 0) is 6.42 Å². The summed E-state index contributed by atoms with van der Waals surface area (Å²) in [6, 6.07) is 12.4. The monoisotopic (exact) mass is 348 g/mol. The molecule has 1 aliphatic heterocycles. The Balaban J connectivity index is 0.00000208. The van der Waals surface area contributed by atoms with Crippen LogP contribution >= 0.6 is 12.4 Å². The average Bonchev–Trinajstić information content (AvgIpc) is 3.05. The quantitative estimate of drug-likeness (QED) is 0.878. The first kappa shape index (κ1) is 18.4. The predicted molar refractivity (Wildman–Crippen MR) is 97.5 cm³/mol. The van der Waals surface area contributed by atoms with E-state index in [9.17, 15) is 9.18 Å². The van der Waals surface area contributed by atoms with Gasteiger partial charge in [0.05, 0.1) is 0 Å². The molecule has 2 aromatic rings. The van der Waals surface area contributed by atoms with E-state index in [2.05, 4.69) is 10.6 Å². The molecule has 0 aliphatic carbocycles. The van der Waals surface area contributed by atoms with Crippen LogP contribution in [0, 0.1) is 18.7 Å². The molecular weight excluding hydrogens is 327 g/mol. The van der Waals surface area contributed by atoms with Gasteiger partial charge >= 0.3 is 0 Å². The van der Waals surface area contributed by atoms with Gasteiger partial charge in [-0.15, -0.1) is 12.4 Å². The van der Waals surface area contributed by atoms with Gasteiger partial charge in [-0.25, -0.2) is 4.39 Å². The van der Waals surface area contributed by atoms with Crippen molar-refractivity contribution in [2.45, 2.75) is 19.8 Å². The largest absolute Gasteiger partial charge is 0.322 e. The van der Waals surface area contributed by atoms with Gasteiger partial charge in [0, 0.05) is 16.8 Å². The van der Waals surface area contributed by atoms with Gasteiger partial charge in [0.15, 0.2) is 0 Å². The smallest absolute Gasteiger partial charge is 0.255 e. The maximum absolute atomic E-state index is 13.5. The molecule has 24 heavy (non-hydrogen) atoms. The first-order valence-electron chi connectivity index (χ1n) is 7.99. The second-order valence-electron chi connectivity index (χ2n) is 6.13. The number of carbonyl (C=O) groups is 1. The third kappa shape index (κ3) is 4.34. The Hall–Kier alpha value is -1.91. The van der Waals surface area contributed by atoms with E-state index in [1.807, 2.05) is 24.3 Å². The predicted octanol–water partition coefficient (Wildman–Crippen LogP) is 3.96. The van der Waals surface area contributed by atoms with Crippen LogP contribution in [-0.4, -0.2) is 19.0 Å². The van der Waals surface area contributed by atoms with E-state index in [1.54, 1.807) is 19.1 Å². The molecule has 3 nitrogen and oxygen atoms in total. The van der Waals surface area contributed by atoms with Gasteiger partial charge in [0.1, 0.15) is 5.82 Å². The van der Waals surface area contributed by atoms with E-state index in [1.165, 1.54) is 18.1 Å². The summed E-state index contributed by atoms with van der Waals surface area (Å²) >= 11 is 0. The van der Waals surface area contributed by atoms with Gasteiger partial charge in [-0.2, -0.15) is 0 Å². The standard InChI is InChI=1S/C19H21FN2O.ClH/c1-13-17(20)3-2-4-18(13)22-19(23)16-7-5-14(6-8-16)11-15-9-10-21-12-15;/h2-8,15,21H,9-12H2,1H3,(H,22,23);1H. The lowest BCUT2D eigenvalue weighted by Crippen LogP contribution is -2.13. The molecule has 5 heteroatoms. The minimum atomic E-state index is -0.316. The van der Waals surface area contributed by atoms with Crippen LogP contribution < -0.4 is 10.6 Å². The van der Waals surface area contributed by atoms with Gasteiger partial charge in [0.25, 0.3) is 5.91 Å². The van der Waals surface area contributed by atoms with Crippen molar-refractivity contribution in [2.24, 2.45) is 5.92 Å². The van der Waals surface area contributed by atoms with Crippen LogP contribution in [0.1, 0.15) is 27.9 Å². The zero-order chi connectivity index (χ0) is 16.2. The first-order valence-corrected chi connectivity index (χ1v) is 7.99. The molecule has 1 unspecified atom stereocenters. The van der Waals surface area contributed by atoms with Gasteiger partial charge in [0.2, 0.25) is 0 Å². The molecule has 1 amide bonds. The fraction of sp³-hybridized carbons (Fsp3) is 0.316. The Labute approximate surface area is 148 Å². The number of anilines is 1. The summed E-state index contributed by atoms with van der Waals surface area (Å²) in [6.45, 7) is 3.82. The Morgan fingerprint density at radius 3 is 2.67 bits per heavy atom. The van der Waals surface area contributed by atoms with E-state index in [0.29, 0.717) is 22.7 Å². The van der Waals surface area contributed by atoms with Crippen LogP contribution in [0.2, 0.25) is 0 Å². The molecule has 0 radical (unpaired) electrons. The number of benzene rings is 2. The number of amides is 1. The van der Waals surface area contributed by atoms with E-state index in [0.717, 1.165) is 19.5 Å². The zero-order valence-corrected chi connectivity index (χ0v) is 14.5. The van der Waals surface area contributed by atoms with Crippen molar-refractivity contribution in [3.63, 3.8) is 0 Å². The van der Waals surface area contributed by atoms with Crippen molar-refractivity contribution in [3.8, 4) is 0 Å². The molecule has 2 N–H and O–H groups in total. The van der Waals surface area contributed by atoms with Crippen LogP contribution in [0.15, 0.2) is 42.5 Å². The zero-order valence-electron chi connectivity index (χ0n) is 13.6. The summed E-state index contributed by atoms with van der Waals surface area (Å²) in [7, 11) is 0. The van der Waals surface area contributed by atoms with E-state index in [-0.39, 0.29) is 24.1 Å². The number of hydrogen-bond donors (Lipinski definition) is 2. The van der Waals surface area contributed by atoms with E-state index >= 15 is 0 Å². The molecular formula is C19H22ClFN2O. The van der Waals surface area contributed by atoms with Crippen molar-refractivity contribution in [1.82, 2.24) is 5.32 Å². The average molecular weight is 349 g/mol. The molecule has 0 spiro atoms. The lowest BCUT2D eigenvalue weighted by molar-refractivity contribution is 0.102. The Morgan fingerprint density at radius 2 is 2.00 bits per heavy atom. The van der Waals surface area contributed by atoms with Crippen molar-refractivity contribution < 1.29 is 9.18 Å². The molecule has 1 aliphatic rings. The topological polar surface area (TPSA) is 41.1 Å². The maximum Gasteiger partial charge on any atom is 0.255 e. The second-order valence-corrected chi connectivity index (χ2v) is 6.13. The summed E-state index contributed by atoms with van der Waals surface area (Å²) in [5.74, 6) is 0.153. The van der Waals surface area contributed by atoms with E-state index in [4.69, 9.17) is 0 Å². The molecule has 2 aromatic carbocycles. The minimum absolute atomic E-state index is 0. The van der Waals surface area contributed by atoms with Crippen LogP contribution in [0.4, 0.5) is 10.1 Å². The minimum Gasteiger partial charge on any atom is -0.322 e. The van der Waals surface area contributed by atoms with Crippen molar-refractivity contribution >= 4 is 24.0 Å². The highest BCUT2D eigenvalue weighted by atomic mass is 35.5. The molecule has 128 valence electrons. The second kappa shape index (κ2) is 8.27. The summed E-state index contributed by atoms with van der Waals surface area (Å²) in [4.78, 5) is 12.3. The van der Waals surface area contributed by atoms with Crippen molar-refractivity contribution in [2.75, 3.05) is 18.4 Å². The molecule has 1 saturated heterocycles. The fourth-order valence-corrected chi connectivity index (χ4v) is 2.95. The van der Waals surface area contributed by atoms with E-state index < -0.39 is 0 Å². The number of rotatable bonds is 4.